The van der Waals surface area contributed by atoms with Gasteiger partial charge in [0.25, 0.3) is 0 Å². The maximum Gasteiger partial charge on any atom is 0.244 e. The first-order chi connectivity index (χ1) is 15.8. The van der Waals surface area contributed by atoms with Crippen LogP contribution >= 0.6 is 0 Å². The minimum Gasteiger partial charge on any atom is -0.357 e. The Morgan fingerprint density at radius 2 is 1.58 bits per heavy atom. The van der Waals surface area contributed by atoms with E-state index in [1.165, 1.54) is 11.9 Å². The molecule has 33 heavy (non-hydrogen) atoms. The third kappa shape index (κ3) is 5.70. The number of benzene rings is 3. The zero-order chi connectivity index (χ0) is 24.0. The number of likely N-dealkylation sites (N-methyl/N-ethyl adjacent to an activating group) is 1. The molecule has 1 atom stereocenters. The van der Waals surface area contributed by atoms with Crippen LogP contribution in [0.15, 0.2) is 72.8 Å². The second kappa shape index (κ2) is 10.5. The van der Waals surface area contributed by atoms with Crippen molar-refractivity contribution in [3.8, 4) is 0 Å². The van der Waals surface area contributed by atoms with Gasteiger partial charge in [0, 0.05) is 19.0 Å². The summed E-state index contributed by atoms with van der Waals surface area (Å²) in [6.07, 6.45) is 1.48. The van der Waals surface area contributed by atoms with E-state index in [0.717, 1.165) is 26.9 Å². The molecule has 2 amide bonds. The van der Waals surface area contributed by atoms with E-state index in [0.29, 0.717) is 12.1 Å². The molecule has 174 valence electrons. The maximum absolute atomic E-state index is 13.6. The van der Waals surface area contributed by atoms with Gasteiger partial charge in [0.15, 0.2) is 0 Å². The molecule has 3 aromatic carbocycles. The van der Waals surface area contributed by atoms with Crippen LogP contribution in [0.25, 0.3) is 10.8 Å². The van der Waals surface area contributed by atoms with Crippen molar-refractivity contribution in [2.75, 3.05) is 24.2 Å². The molecule has 7 nitrogen and oxygen atoms in total. The average Bonchev–Trinajstić information content (AvgIpc) is 2.81. The molecule has 0 bridgehead atoms. The highest BCUT2D eigenvalue weighted by Crippen LogP contribution is 2.28. The molecule has 0 aliphatic rings. The highest BCUT2D eigenvalue weighted by molar-refractivity contribution is 7.92. The van der Waals surface area contributed by atoms with Crippen LogP contribution in [0.3, 0.4) is 0 Å². The van der Waals surface area contributed by atoms with Crippen molar-refractivity contribution in [1.29, 1.82) is 0 Å². The van der Waals surface area contributed by atoms with Gasteiger partial charge >= 0.3 is 0 Å². The van der Waals surface area contributed by atoms with Crippen molar-refractivity contribution in [3.63, 3.8) is 0 Å². The molecule has 0 saturated heterocycles. The summed E-state index contributed by atoms with van der Waals surface area (Å²) in [4.78, 5) is 27.6. The van der Waals surface area contributed by atoms with Gasteiger partial charge < -0.3 is 10.2 Å². The first-order valence-electron chi connectivity index (χ1n) is 10.8. The Balaban J connectivity index is 2.02. The molecular formula is C25H29N3O4S. The maximum atomic E-state index is 13.6. The predicted molar refractivity (Wildman–Crippen MR) is 131 cm³/mol. The van der Waals surface area contributed by atoms with E-state index in [1.807, 2.05) is 67.6 Å². The average molecular weight is 468 g/mol. The van der Waals surface area contributed by atoms with Crippen LogP contribution in [-0.4, -0.2) is 51.0 Å². The van der Waals surface area contributed by atoms with E-state index in [9.17, 15) is 18.0 Å². The van der Waals surface area contributed by atoms with Crippen LogP contribution < -0.4 is 9.62 Å². The summed E-state index contributed by atoms with van der Waals surface area (Å²) in [5.74, 6) is -0.745. The van der Waals surface area contributed by atoms with Gasteiger partial charge in [-0.25, -0.2) is 8.42 Å². The highest BCUT2D eigenvalue weighted by Gasteiger charge is 2.31. The summed E-state index contributed by atoms with van der Waals surface area (Å²) in [5.41, 5.74) is 1.28. The number of hydrogen-bond donors (Lipinski definition) is 1. The summed E-state index contributed by atoms with van der Waals surface area (Å²) in [6.45, 7) is 1.61. The zero-order valence-corrected chi connectivity index (χ0v) is 19.9. The summed E-state index contributed by atoms with van der Waals surface area (Å²) in [5, 5.41) is 4.21. The van der Waals surface area contributed by atoms with Crippen LogP contribution in [0.4, 0.5) is 5.69 Å². The third-order valence-electron chi connectivity index (χ3n) is 5.54. The standard InChI is InChI=1S/C25H29N3O4S/c1-4-22(25(30)26-2)27(17-19-11-6-5-7-12-19)24(29)18-28(33(3,31)32)23-16-10-14-20-13-8-9-15-21(20)23/h5-16,22H,4,17-18H2,1-3H3,(H,26,30). The molecule has 3 aromatic rings. The molecule has 0 spiro atoms. The van der Waals surface area contributed by atoms with E-state index in [2.05, 4.69) is 5.32 Å². The minimum atomic E-state index is -3.78. The van der Waals surface area contributed by atoms with Crippen molar-refractivity contribution in [3.05, 3.63) is 78.4 Å². The SMILES string of the molecule is CCC(C(=O)NC)N(Cc1ccccc1)C(=O)CN(c1cccc2ccccc12)S(C)(=O)=O. The predicted octanol–water partition coefficient (Wildman–Crippen LogP) is 3.16. The molecule has 8 heteroatoms. The van der Waals surface area contributed by atoms with Crippen LogP contribution in [0.2, 0.25) is 0 Å². The fourth-order valence-electron chi connectivity index (χ4n) is 3.89. The minimum absolute atomic E-state index is 0.193. The number of fused-ring (bicyclic) bond motifs is 1. The number of sulfonamides is 1. The number of amides is 2. The number of carbonyl (C=O) groups excluding carboxylic acids is 2. The molecule has 0 radical (unpaired) electrons. The zero-order valence-electron chi connectivity index (χ0n) is 19.1. The molecule has 0 fully saturated rings. The fraction of sp³-hybridized carbons (Fsp3) is 0.280. The summed E-state index contributed by atoms with van der Waals surface area (Å²) < 4.78 is 26.7. The van der Waals surface area contributed by atoms with E-state index >= 15 is 0 Å². The Hall–Kier alpha value is -3.39. The largest absolute Gasteiger partial charge is 0.357 e. The van der Waals surface area contributed by atoms with Crippen molar-refractivity contribution in [1.82, 2.24) is 10.2 Å². The lowest BCUT2D eigenvalue weighted by Gasteiger charge is -2.32. The summed E-state index contributed by atoms with van der Waals surface area (Å²) in [6, 6.07) is 21.4. The van der Waals surface area contributed by atoms with Gasteiger partial charge in [0.1, 0.15) is 12.6 Å². The van der Waals surface area contributed by atoms with E-state index in [-0.39, 0.29) is 12.5 Å². The first-order valence-corrected chi connectivity index (χ1v) is 12.6. The Kier molecular flexibility index (Phi) is 7.71. The molecule has 1 unspecified atom stereocenters. The molecule has 0 aliphatic carbocycles. The number of nitrogens with one attached hydrogen (secondary N) is 1. The van der Waals surface area contributed by atoms with Gasteiger partial charge in [0.05, 0.1) is 11.9 Å². The second-order valence-corrected chi connectivity index (χ2v) is 9.72. The fourth-order valence-corrected chi connectivity index (χ4v) is 4.75. The van der Waals surface area contributed by atoms with Crippen molar-refractivity contribution >= 4 is 38.3 Å². The lowest BCUT2D eigenvalue weighted by atomic mass is 10.1. The quantitative estimate of drug-likeness (QED) is 0.524. The van der Waals surface area contributed by atoms with E-state index in [1.54, 1.807) is 12.1 Å². The van der Waals surface area contributed by atoms with Gasteiger partial charge in [-0.2, -0.15) is 0 Å². The lowest BCUT2D eigenvalue weighted by Crippen LogP contribution is -2.51. The third-order valence-corrected chi connectivity index (χ3v) is 6.67. The van der Waals surface area contributed by atoms with Crippen molar-refractivity contribution in [2.24, 2.45) is 0 Å². The summed E-state index contributed by atoms with van der Waals surface area (Å²) >= 11 is 0. The molecule has 3 rings (SSSR count). The molecule has 0 saturated carbocycles. The lowest BCUT2D eigenvalue weighted by molar-refractivity contribution is -0.140. The van der Waals surface area contributed by atoms with Crippen LogP contribution in [0, 0.1) is 0 Å². The van der Waals surface area contributed by atoms with Gasteiger partial charge in [0.2, 0.25) is 21.8 Å². The molecule has 0 heterocycles. The Morgan fingerprint density at radius 3 is 2.21 bits per heavy atom. The normalized spacial score (nSPS) is 12.2. The van der Waals surface area contributed by atoms with Gasteiger partial charge in [-0.3, -0.25) is 13.9 Å². The van der Waals surface area contributed by atoms with Crippen molar-refractivity contribution in [2.45, 2.75) is 25.9 Å². The van der Waals surface area contributed by atoms with Gasteiger partial charge in [-0.1, -0.05) is 73.7 Å². The molecule has 1 N–H and O–H groups in total. The number of rotatable bonds is 9. The van der Waals surface area contributed by atoms with Crippen LogP contribution in [0.5, 0.6) is 0 Å². The Morgan fingerprint density at radius 1 is 0.939 bits per heavy atom. The number of hydrogen-bond acceptors (Lipinski definition) is 4. The molecule has 0 aliphatic heterocycles. The monoisotopic (exact) mass is 467 g/mol. The summed E-state index contributed by atoms with van der Waals surface area (Å²) in [7, 11) is -2.26. The first kappa shape index (κ1) is 24.3. The second-order valence-electron chi connectivity index (χ2n) is 7.81. The van der Waals surface area contributed by atoms with E-state index < -0.39 is 28.5 Å². The smallest absolute Gasteiger partial charge is 0.244 e. The van der Waals surface area contributed by atoms with Crippen molar-refractivity contribution < 1.29 is 18.0 Å². The van der Waals surface area contributed by atoms with Crippen LogP contribution in [-0.2, 0) is 26.2 Å². The Bertz CT molecular complexity index is 1220. The number of carbonyl (C=O) groups is 2. The van der Waals surface area contributed by atoms with Crippen LogP contribution in [0.1, 0.15) is 18.9 Å². The number of nitrogens with zero attached hydrogens (tertiary/aromatic N) is 2. The molecule has 0 aromatic heterocycles. The highest BCUT2D eigenvalue weighted by atomic mass is 32.2. The topological polar surface area (TPSA) is 86.8 Å². The van der Waals surface area contributed by atoms with Gasteiger partial charge in [-0.15, -0.1) is 0 Å². The van der Waals surface area contributed by atoms with Gasteiger partial charge in [-0.05, 0) is 23.4 Å². The number of anilines is 1. The Labute approximate surface area is 195 Å². The van der Waals surface area contributed by atoms with E-state index in [4.69, 9.17) is 0 Å². The molecular weight excluding hydrogens is 438 g/mol.